The van der Waals surface area contributed by atoms with Crippen LogP contribution in [0.3, 0.4) is 0 Å². The summed E-state index contributed by atoms with van der Waals surface area (Å²) in [6, 6.07) is 11.1. The van der Waals surface area contributed by atoms with E-state index in [1.165, 1.54) is 12.5 Å². The highest BCUT2D eigenvalue weighted by atomic mass is 16.4. The monoisotopic (exact) mass is 603 g/mol. The number of aromatic amines is 2. The first kappa shape index (κ1) is 31.4. The zero-order valence-corrected chi connectivity index (χ0v) is 23.5. The number of benzene rings is 2. The summed E-state index contributed by atoms with van der Waals surface area (Å²) < 4.78 is 0. The molecule has 14 heteroatoms. The van der Waals surface area contributed by atoms with Gasteiger partial charge in [-0.05, 0) is 23.6 Å². The van der Waals surface area contributed by atoms with Crippen LogP contribution >= 0.6 is 0 Å². The van der Waals surface area contributed by atoms with Gasteiger partial charge >= 0.3 is 11.9 Å². The number of nitrogens with zero attached hydrogens (tertiary/aromatic N) is 1. The SMILES string of the molecule is NC(Cc1ccccc1)C(=O)NC(Cc1c[nH]c2ccccc12)C(=O)NC(CC(=O)O)C(=O)NC(Cc1cnc[nH]1)C(=O)O. The zero-order valence-electron chi connectivity index (χ0n) is 23.5. The van der Waals surface area contributed by atoms with Gasteiger partial charge in [0, 0.05) is 41.8 Å². The summed E-state index contributed by atoms with van der Waals surface area (Å²) in [6.07, 6.45) is 3.61. The van der Waals surface area contributed by atoms with Gasteiger partial charge in [-0.15, -0.1) is 0 Å². The summed E-state index contributed by atoms with van der Waals surface area (Å²) in [5.41, 5.74) is 8.88. The highest BCUT2D eigenvalue weighted by molar-refractivity contribution is 5.96. The van der Waals surface area contributed by atoms with Crippen molar-refractivity contribution in [3.63, 3.8) is 0 Å². The van der Waals surface area contributed by atoms with Crippen molar-refractivity contribution < 1.29 is 34.2 Å². The Morgan fingerprint density at radius 3 is 2.11 bits per heavy atom. The zero-order chi connectivity index (χ0) is 31.6. The number of imidazole rings is 1. The molecule has 0 saturated heterocycles. The molecule has 230 valence electrons. The Labute approximate surface area is 251 Å². The number of carboxylic acid groups (broad SMARTS) is 2. The minimum Gasteiger partial charge on any atom is -0.481 e. The van der Waals surface area contributed by atoms with Crippen LogP contribution in [0.15, 0.2) is 73.3 Å². The fourth-order valence-corrected chi connectivity index (χ4v) is 4.71. The molecule has 0 bridgehead atoms. The number of para-hydroxylation sites is 1. The van der Waals surface area contributed by atoms with Gasteiger partial charge in [0.05, 0.1) is 18.8 Å². The predicted molar refractivity (Wildman–Crippen MR) is 158 cm³/mol. The van der Waals surface area contributed by atoms with E-state index in [1.54, 1.807) is 6.20 Å². The molecule has 4 rings (SSSR count). The molecule has 9 N–H and O–H groups in total. The van der Waals surface area contributed by atoms with Gasteiger partial charge in [0.1, 0.15) is 18.1 Å². The van der Waals surface area contributed by atoms with Crippen LogP contribution in [0.4, 0.5) is 0 Å². The standard InChI is InChI=1S/C30H33N7O7/c31-21(10-17-6-2-1-3-7-17)27(40)35-23(11-18-14-33-22-9-5-4-8-20(18)22)28(41)36-24(13-26(38)39)29(42)37-25(30(43)44)12-19-15-32-16-34-19/h1-9,14-16,21,23-25,33H,10-13,31H2,(H,32,34)(H,35,40)(H,36,41)(H,37,42)(H,38,39)(H,43,44). The molecule has 2 heterocycles. The molecule has 3 amide bonds. The second-order valence-electron chi connectivity index (χ2n) is 10.3. The van der Waals surface area contributed by atoms with Crippen molar-refractivity contribution >= 4 is 40.6 Å². The number of carboxylic acids is 2. The molecule has 0 aliphatic rings. The van der Waals surface area contributed by atoms with E-state index in [1.807, 2.05) is 54.6 Å². The van der Waals surface area contributed by atoms with Crippen LogP contribution in [-0.4, -0.2) is 79.0 Å². The second kappa shape index (κ2) is 14.6. The maximum atomic E-state index is 13.6. The van der Waals surface area contributed by atoms with Crippen molar-refractivity contribution in [3.05, 3.63) is 90.1 Å². The molecule has 0 fully saturated rings. The molecule has 0 aliphatic heterocycles. The van der Waals surface area contributed by atoms with E-state index in [-0.39, 0.29) is 19.3 Å². The van der Waals surface area contributed by atoms with Gasteiger partial charge in [-0.2, -0.15) is 0 Å². The molecular formula is C30H33N7O7. The number of fused-ring (bicyclic) bond motifs is 1. The summed E-state index contributed by atoms with van der Waals surface area (Å²) in [5, 5.41) is 27.2. The highest BCUT2D eigenvalue weighted by Gasteiger charge is 2.32. The van der Waals surface area contributed by atoms with E-state index in [4.69, 9.17) is 5.73 Å². The molecule has 44 heavy (non-hydrogen) atoms. The van der Waals surface area contributed by atoms with Crippen molar-refractivity contribution in [1.29, 1.82) is 0 Å². The Bertz CT molecular complexity index is 1600. The third-order valence-corrected chi connectivity index (χ3v) is 6.97. The minimum atomic E-state index is -1.65. The van der Waals surface area contributed by atoms with Crippen LogP contribution in [0.2, 0.25) is 0 Å². The van der Waals surface area contributed by atoms with Crippen LogP contribution in [0, 0.1) is 0 Å². The molecule has 0 saturated carbocycles. The van der Waals surface area contributed by atoms with Crippen LogP contribution in [0.1, 0.15) is 23.2 Å². The van der Waals surface area contributed by atoms with E-state index in [2.05, 4.69) is 30.9 Å². The minimum absolute atomic E-state index is 0.0152. The van der Waals surface area contributed by atoms with Gasteiger partial charge in [0.15, 0.2) is 0 Å². The number of amides is 3. The lowest BCUT2D eigenvalue weighted by Crippen LogP contribution is -2.58. The first-order chi connectivity index (χ1) is 21.1. The number of aliphatic carboxylic acids is 2. The summed E-state index contributed by atoms with van der Waals surface area (Å²) in [6.45, 7) is 0. The number of nitrogens with two attached hydrogens (primary N) is 1. The average molecular weight is 604 g/mol. The summed E-state index contributed by atoms with van der Waals surface area (Å²) >= 11 is 0. The number of hydrogen-bond acceptors (Lipinski definition) is 7. The Kier molecular flexibility index (Phi) is 10.4. The van der Waals surface area contributed by atoms with E-state index in [0.717, 1.165) is 16.5 Å². The lowest BCUT2D eigenvalue weighted by Gasteiger charge is -2.24. The Hall–Kier alpha value is -5.50. The van der Waals surface area contributed by atoms with E-state index in [0.29, 0.717) is 11.3 Å². The van der Waals surface area contributed by atoms with Crippen molar-refractivity contribution in [3.8, 4) is 0 Å². The van der Waals surface area contributed by atoms with E-state index < -0.39 is 60.2 Å². The molecular weight excluding hydrogens is 570 g/mol. The highest BCUT2D eigenvalue weighted by Crippen LogP contribution is 2.19. The van der Waals surface area contributed by atoms with Gasteiger partial charge in [-0.1, -0.05) is 48.5 Å². The Morgan fingerprint density at radius 1 is 0.773 bits per heavy atom. The summed E-state index contributed by atoms with van der Waals surface area (Å²) in [7, 11) is 0. The number of rotatable bonds is 15. The number of nitrogens with one attached hydrogen (secondary N) is 5. The first-order valence-corrected chi connectivity index (χ1v) is 13.8. The second-order valence-corrected chi connectivity index (χ2v) is 10.3. The number of hydrogen-bond donors (Lipinski definition) is 8. The van der Waals surface area contributed by atoms with Gasteiger partial charge in [0.2, 0.25) is 17.7 Å². The van der Waals surface area contributed by atoms with Gasteiger partial charge in [-0.3, -0.25) is 19.2 Å². The lowest BCUT2D eigenvalue weighted by molar-refractivity contribution is -0.143. The van der Waals surface area contributed by atoms with Crippen molar-refractivity contribution in [2.45, 2.75) is 49.9 Å². The normalized spacial score (nSPS) is 13.8. The van der Waals surface area contributed by atoms with Crippen molar-refractivity contribution in [2.75, 3.05) is 0 Å². The van der Waals surface area contributed by atoms with Gasteiger partial charge < -0.3 is 41.9 Å². The summed E-state index contributed by atoms with van der Waals surface area (Å²) in [5.74, 6) is -5.28. The maximum Gasteiger partial charge on any atom is 0.326 e. The van der Waals surface area contributed by atoms with E-state index in [9.17, 15) is 34.2 Å². The van der Waals surface area contributed by atoms with Crippen LogP contribution < -0.4 is 21.7 Å². The third kappa shape index (κ3) is 8.51. The summed E-state index contributed by atoms with van der Waals surface area (Å²) in [4.78, 5) is 73.0. The number of H-pyrrole nitrogens is 2. The molecule has 0 spiro atoms. The van der Waals surface area contributed by atoms with Crippen LogP contribution in [0.25, 0.3) is 10.9 Å². The van der Waals surface area contributed by atoms with Crippen LogP contribution in [-0.2, 0) is 43.2 Å². The fraction of sp³-hybridized carbons (Fsp3) is 0.267. The maximum absolute atomic E-state index is 13.6. The smallest absolute Gasteiger partial charge is 0.326 e. The van der Waals surface area contributed by atoms with Gasteiger partial charge in [0.25, 0.3) is 0 Å². The average Bonchev–Trinajstić information content (AvgIpc) is 3.66. The molecule has 4 unspecified atom stereocenters. The third-order valence-electron chi connectivity index (χ3n) is 6.97. The Balaban J connectivity index is 1.53. The molecule has 4 atom stereocenters. The number of carbonyl (C=O) groups is 5. The first-order valence-electron chi connectivity index (χ1n) is 13.8. The topological polar surface area (TPSA) is 232 Å². The van der Waals surface area contributed by atoms with E-state index >= 15 is 0 Å². The molecule has 2 aromatic heterocycles. The number of carbonyl (C=O) groups excluding carboxylic acids is 3. The number of aromatic nitrogens is 3. The largest absolute Gasteiger partial charge is 0.481 e. The fourth-order valence-electron chi connectivity index (χ4n) is 4.71. The molecule has 0 aliphatic carbocycles. The lowest BCUT2D eigenvalue weighted by atomic mass is 10.0. The predicted octanol–water partition coefficient (Wildman–Crippen LogP) is 0.260. The molecule has 2 aromatic carbocycles. The van der Waals surface area contributed by atoms with Crippen LogP contribution in [0.5, 0.6) is 0 Å². The molecule has 14 nitrogen and oxygen atoms in total. The van der Waals surface area contributed by atoms with Crippen molar-refractivity contribution in [2.24, 2.45) is 5.73 Å². The molecule has 4 aromatic rings. The van der Waals surface area contributed by atoms with Crippen molar-refractivity contribution in [1.82, 2.24) is 30.9 Å². The quantitative estimate of drug-likeness (QED) is 0.0929. The molecule has 0 radical (unpaired) electrons. The Morgan fingerprint density at radius 2 is 1.43 bits per heavy atom. The van der Waals surface area contributed by atoms with Gasteiger partial charge in [-0.25, -0.2) is 9.78 Å².